The maximum atomic E-state index is 12.9. The molecule has 1 N–H and O–H groups in total. The van der Waals surface area contributed by atoms with Gasteiger partial charge < -0.3 is 10.1 Å². The standard InChI is InChI=1S/C23H11Cl3F3N3O4/c24-16-4-3-15(10-17(16)25)31-22(33)13(11-30)7-12-1-5-20(18(26)8-12)36-21-6-2-14(23(27,28)29)9-19(21)32(34)35/h1-10H,(H,31,33)/b13-7-. The second-order valence-electron chi connectivity index (χ2n) is 6.98. The summed E-state index contributed by atoms with van der Waals surface area (Å²) >= 11 is 17.9. The molecular weight excluding hydrogens is 546 g/mol. The fraction of sp³-hybridized carbons (Fsp3) is 0.0435. The van der Waals surface area contributed by atoms with Crippen molar-refractivity contribution in [1.29, 1.82) is 5.26 Å². The van der Waals surface area contributed by atoms with Crippen LogP contribution in [0, 0.1) is 21.4 Å². The highest BCUT2D eigenvalue weighted by Gasteiger charge is 2.33. The van der Waals surface area contributed by atoms with Gasteiger partial charge in [0.2, 0.25) is 5.75 Å². The van der Waals surface area contributed by atoms with E-state index in [-0.39, 0.29) is 26.4 Å². The van der Waals surface area contributed by atoms with Gasteiger partial charge in [-0.3, -0.25) is 14.9 Å². The van der Waals surface area contributed by atoms with Crippen LogP contribution in [0.4, 0.5) is 24.5 Å². The Hall–Kier alpha value is -3.78. The van der Waals surface area contributed by atoms with Crippen molar-refractivity contribution in [3.05, 3.63) is 96.5 Å². The number of anilines is 1. The second-order valence-corrected chi connectivity index (χ2v) is 8.20. The van der Waals surface area contributed by atoms with Gasteiger partial charge in [-0.15, -0.1) is 0 Å². The fourth-order valence-electron chi connectivity index (χ4n) is 2.82. The molecule has 0 spiro atoms. The third-order valence-electron chi connectivity index (χ3n) is 4.51. The lowest BCUT2D eigenvalue weighted by atomic mass is 10.1. The van der Waals surface area contributed by atoms with Crippen molar-refractivity contribution >= 4 is 58.2 Å². The number of carbonyl (C=O) groups excluding carboxylic acids is 1. The molecule has 36 heavy (non-hydrogen) atoms. The lowest BCUT2D eigenvalue weighted by molar-refractivity contribution is -0.385. The van der Waals surface area contributed by atoms with E-state index in [9.17, 15) is 33.3 Å². The Labute approximate surface area is 216 Å². The van der Waals surface area contributed by atoms with Crippen LogP contribution in [-0.4, -0.2) is 10.8 Å². The first kappa shape index (κ1) is 26.8. The fourth-order valence-corrected chi connectivity index (χ4v) is 3.34. The van der Waals surface area contributed by atoms with Crippen molar-refractivity contribution in [2.45, 2.75) is 6.18 Å². The molecule has 7 nitrogen and oxygen atoms in total. The first-order valence-electron chi connectivity index (χ1n) is 9.60. The number of carbonyl (C=O) groups is 1. The van der Waals surface area contributed by atoms with Gasteiger partial charge in [0.05, 0.1) is 25.6 Å². The molecule has 0 unspecified atom stereocenters. The Morgan fingerprint density at radius 2 is 1.69 bits per heavy atom. The number of halogens is 6. The van der Waals surface area contributed by atoms with Crippen LogP contribution in [0.25, 0.3) is 6.08 Å². The van der Waals surface area contributed by atoms with Gasteiger partial charge >= 0.3 is 11.9 Å². The van der Waals surface area contributed by atoms with Crippen LogP contribution in [0.2, 0.25) is 15.1 Å². The monoisotopic (exact) mass is 555 g/mol. The zero-order chi connectivity index (χ0) is 26.6. The summed E-state index contributed by atoms with van der Waals surface area (Å²) in [5.41, 5.74) is -1.80. The van der Waals surface area contributed by atoms with Crippen LogP contribution in [-0.2, 0) is 11.0 Å². The lowest BCUT2D eigenvalue weighted by Crippen LogP contribution is -2.13. The summed E-state index contributed by atoms with van der Waals surface area (Å²) in [5.74, 6) is -1.31. The molecule has 0 radical (unpaired) electrons. The number of benzene rings is 3. The van der Waals surface area contributed by atoms with Crippen molar-refractivity contribution in [3.63, 3.8) is 0 Å². The van der Waals surface area contributed by atoms with E-state index >= 15 is 0 Å². The third-order valence-corrected chi connectivity index (χ3v) is 5.55. The van der Waals surface area contributed by atoms with Crippen molar-refractivity contribution in [2.24, 2.45) is 0 Å². The Balaban J connectivity index is 1.84. The SMILES string of the molecule is N#C/C(=C/c1ccc(Oc2ccc(C(F)(F)F)cc2[N+](=O)[O-])c(Cl)c1)C(=O)Nc1ccc(Cl)c(Cl)c1. The molecule has 0 aliphatic heterocycles. The Morgan fingerprint density at radius 1 is 1.00 bits per heavy atom. The molecule has 0 aliphatic carbocycles. The molecule has 0 atom stereocenters. The second kappa shape index (κ2) is 10.9. The topological polar surface area (TPSA) is 105 Å². The first-order valence-corrected chi connectivity index (χ1v) is 10.7. The zero-order valence-electron chi connectivity index (χ0n) is 17.6. The number of nitro benzene ring substituents is 1. The van der Waals surface area contributed by atoms with Gasteiger partial charge in [0.1, 0.15) is 17.4 Å². The lowest BCUT2D eigenvalue weighted by Gasteiger charge is -2.11. The van der Waals surface area contributed by atoms with E-state index in [4.69, 9.17) is 39.5 Å². The van der Waals surface area contributed by atoms with Crippen molar-refractivity contribution < 1.29 is 27.6 Å². The highest BCUT2D eigenvalue weighted by Crippen LogP contribution is 2.39. The first-order chi connectivity index (χ1) is 16.9. The van der Waals surface area contributed by atoms with Crippen LogP contribution in [0.15, 0.2) is 60.2 Å². The van der Waals surface area contributed by atoms with E-state index in [0.717, 1.165) is 6.07 Å². The van der Waals surface area contributed by atoms with Gasteiger partial charge in [0.15, 0.2) is 0 Å². The van der Waals surface area contributed by atoms with Crippen LogP contribution in [0.3, 0.4) is 0 Å². The van der Waals surface area contributed by atoms with Gasteiger partial charge in [-0.1, -0.05) is 40.9 Å². The number of nitrogens with one attached hydrogen (secondary N) is 1. The van der Waals surface area contributed by atoms with Crippen LogP contribution in [0.5, 0.6) is 11.5 Å². The quantitative estimate of drug-likeness (QED) is 0.144. The minimum absolute atomic E-state index is 0.0832. The molecule has 184 valence electrons. The van der Waals surface area contributed by atoms with Crippen LogP contribution >= 0.6 is 34.8 Å². The number of nitro groups is 1. The molecule has 0 heterocycles. The molecule has 1 amide bonds. The van der Waals surface area contributed by atoms with E-state index in [2.05, 4.69) is 5.32 Å². The summed E-state index contributed by atoms with van der Waals surface area (Å²) in [6.07, 6.45) is -3.55. The molecule has 0 saturated carbocycles. The van der Waals surface area contributed by atoms with Crippen molar-refractivity contribution in [3.8, 4) is 17.6 Å². The molecule has 3 aromatic carbocycles. The van der Waals surface area contributed by atoms with E-state index in [0.29, 0.717) is 23.4 Å². The molecule has 0 aromatic heterocycles. The number of alkyl halides is 3. The highest BCUT2D eigenvalue weighted by atomic mass is 35.5. The smallest absolute Gasteiger partial charge is 0.416 e. The summed E-state index contributed by atoms with van der Waals surface area (Å²) < 4.78 is 44.0. The number of amides is 1. The zero-order valence-corrected chi connectivity index (χ0v) is 19.8. The minimum atomic E-state index is -4.78. The van der Waals surface area contributed by atoms with Gasteiger partial charge in [0, 0.05) is 11.8 Å². The summed E-state index contributed by atoms with van der Waals surface area (Å²) in [7, 11) is 0. The van der Waals surface area contributed by atoms with Gasteiger partial charge in [-0.25, -0.2) is 0 Å². The third kappa shape index (κ3) is 6.46. The predicted octanol–water partition coefficient (Wildman–Crippen LogP) is 7.91. The van der Waals surface area contributed by atoms with Crippen LogP contribution < -0.4 is 10.1 Å². The largest absolute Gasteiger partial charge is 0.449 e. The normalized spacial score (nSPS) is 11.5. The van der Waals surface area contributed by atoms with E-state index in [1.165, 1.54) is 42.5 Å². The molecular formula is C23H11Cl3F3N3O4. The number of hydrogen-bond donors (Lipinski definition) is 1. The van der Waals surface area contributed by atoms with Gasteiger partial charge in [0.25, 0.3) is 5.91 Å². The molecule has 0 saturated heterocycles. The molecule has 3 rings (SSSR count). The minimum Gasteiger partial charge on any atom is -0.449 e. The number of ether oxygens (including phenoxy) is 1. The molecule has 3 aromatic rings. The molecule has 13 heteroatoms. The maximum Gasteiger partial charge on any atom is 0.416 e. The summed E-state index contributed by atoms with van der Waals surface area (Å²) in [4.78, 5) is 22.7. The maximum absolute atomic E-state index is 12.9. The summed E-state index contributed by atoms with van der Waals surface area (Å²) in [5, 5.41) is 23.5. The van der Waals surface area contributed by atoms with Gasteiger partial charge in [-0.2, -0.15) is 18.4 Å². The Morgan fingerprint density at radius 3 is 2.28 bits per heavy atom. The number of hydrogen-bond acceptors (Lipinski definition) is 5. The van der Waals surface area contributed by atoms with Crippen molar-refractivity contribution in [1.82, 2.24) is 0 Å². The van der Waals surface area contributed by atoms with Gasteiger partial charge in [-0.05, 0) is 54.1 Å². The van der Waals surface area contributed by atoms with E-state index in [1.54, 1.807) is 6.07 Å². The predicted molar refractivity (Wildman–Crippen MR) is 128 cm³/mol. The van der Waals surface area contributed by atoms with Crippen LogP contribution in [0.1, 0.15) is 11.1 Å². The summed E-state index contributed by atoms with van der Waals surface area (Å²) in [6.45, 7) is 0. The number of nitrogens with zero attached hydrogens (tertiary/aromatic N) is 2. The Bertz CT molecular complexity index is 1440. The number of nitriles is 1. The Kier molecular flexibility index (Phi) is 8.10. The molecule has 0 bridgehead atoms. The van der Waals surface area contributed by atoms with E-state index in [1.807, 2.05) is 0 Å². The molecule has 0 aliphatic rings. The van der Waals surface area contributed by atoms with Crippen molar-refractivity contribution in [2.75, 3.05) is 5.32 Å². The average molecular weight is 557 g/mol. The van der Waals surface area contributed by atoms with E-state index < -0.39 is 34.0 Å². The summed E-state index contributed by atoms with van der Waals surface area (Å²) in [6, 6.07) is 11.9. The molecule has 0 fully saturated rings. The highest BCUT2D eigenvalue weighted by molar-refractivity contribution is 6.42. The average Bonchev–Trinajstić information content (AvgIpc) is 2.80. The number of rotatable bonds is 6.